The third-order valence-electron chi connectivity index (χ3n) is 4.26. The van der Waals surface area contributed by atoms with Gasteiger partial charge in [-0.05, 0) is 32.8 Å². The van der Waals surface area contributed by atoms with E-state index in [0.29, 0.717) is 37.1 Å². The molecule has 27 heavy (non-hydrogen) atoms. The number of pyridine rings is 1. The van der Waals surface area contributed by atoms with E-state index in [9.17, 15) is 4.79 Å². The highest BCUT2D eigenvalue weighted by Crippen LogP contribution is 2.19. The number of carbonyl (C=O) groups is 1. The Morgan fingerprint density at radius 3 is 2.74 bits per heavy atom. The Balaban J connectivity index is 1.47. The molecule has 2 aromatic rings. The summed E-state index contributed by atoms with van der Waals surface area (Å²) in [6.07, 6.45) is 3.93. The van der Waals surface area contributed by atoms with Crippen LogP contribution in [0.5, 0.6) is 5.88 Å². The van der Waals surface area contributed by atoms with Gasteiger partial charge in [-0.1, -0.05) is 0 Å². The van der Waals surface area contributed by atoms with Crippen molar-refractivity contribution in [2.75, 3.05) is 43.0 Å². The number of hydrogen-bond acceptors (Lipinski definition) is 7. The molecule has 1 aliphatic heterocycles. The molecule has 2 aromatic heterocycles. The summed E-state index contributed by atoms with van der Waals surface area (Å²) in [7, 11) is 0. The topological polar surface area (TPSA) is 92.3 Å². The Morgan fingerprint density at radius 1 is 1.22 bits per heavy atom. The van der Waals surface area contributed by atoms with Crippen molar-refractivity contribution in [1.29, 1.82) is 0 Å². The predicted molar refractivity (Wildman–Crippen MR) is 104 cm³/mol. The molecule has 3 heterocycles. The van der Waals surface area contributed by atoms with E-state index in [-0.39, 0.29) is 5.91 Å². The van der Waals surface area contributed by atoms with Crippen LogP contribution in [0.4, 0.5) is 11.8 Å². The number of aryl methyl sites for hydroxylation is 1. The highest BCUT2D eigenvalue weighted by Gasteiger charge is 2.15. The fourth-order valence-corrected chi connectivity index (χ4v) is 2.94. The van der Waals surface area contributed by atoms with Gasteiger partial charge >= 0.3 is 0 Å². The van der Waals surface area contributed by atoms with Crippen LogP contribution in [0.25, 0.3) is 0 Å². The molecule has 0 aliphatic carbocycles. The Labute approximate surface area is 159 Å². The van der Waals surface area contributed by atoms with Gasteiger partial charge in [-0.15, -0.1) is 0 Å². The standard InChI is InChI=1S/C19H26N6O2/c1-3-27-17-7-6-15(13-22-17)18(26)20-8-9-21-19-23-14(2)12-16(24-19)25-10-4-5-11-25/h6-7,12-13H,3-5,8-11H2,1-2H3,(H,20,26)(H,21,23,24). The molecule has 1 aliphatic rings. The van der Waals surface area contributed by atoms with Gasteiger partial charge in [-0.25, -0.2) is 9.97 Å². The summed E-state index contributed by atoms with van der Waals surface area (Å²) >= 11 is 0. The SMILES string of the molecule is CCOc1ccc(C(=O)NCCNc2nc(C)cc(N3CCCC3)n2)cn1. The van der Waals surface area contributed by atoms with E-state index in [0.717, 1.165) is 24.6 Å². The van der Waals surface area contributed by atoms with Crippen LogP contribution in [0.3, 0.4) is 0 Å². The first kappa shape index (κ1) is 18.9. The maximum atomic E-state index is 12.1. The van der Waals surface area contributed by atoms with Gasteiger partial charge in [-0.3, -0.25) is 4.79 Å². The summed E-state index contributed by atoms with van der Waals surface area (Å²) in [5, 5.41) is 6.04. The number of ether oxygens (including phenoxy) is 1. The minimum absolute atomic E-state index is 0.171. The van der Waals surface area contributed by atoms with Crippen LogP contribution in [-0.2, 0) is 0 Å². The van der Waals surface area contributed by atoms with Crippen molar-refractivity contribution in [3.63, 3.8) is 0 Å². The van der Waals surface area contributed by atoms with Crippen molar-refractivity contribution in [2.45, 2.75) is 26.7 Å². The van der Waals surface area contributed by atoms with Gasteiger partial charge in [0.05, 0.1) is 12.2 Å². The molecule has 0 radical (unpaired) electrons. The van der Waals surface area contributed by atoms with Crippen LogP contribution < -0.4 is 20.3 Å². The molecule has 1 saturated heterocycles. The lowest BCUT2D eigenvalue weighted by Gasteiger charge is -2.17. The lowest BCUT2D eigenvalue weighted by atomic mass is 10.2. The molecular weight excluding hydrogens is 344 g/mol. The predicted octanol–water partition coefficient (Wildman–Crippen LogP) is 2.02. The molecule has 1 fully saturated rings. The van der Waals surface area contributed by atoms with E-state index in [4.69, 9.17) is 4.74 Å². The first-order valence-electron chi connectivity index (χ1n) is 9.37. The summed E-state index contributed by atoms with van der Waals surface area (Å²) in [6, 6.07) is 5.40. The van der Waals surface area contributed by atoms with Crippen molar-refractivity contribution in [1.82, 2.24) is 20.3 Å². The Bertz CT molecular complexity index is 759. The van der Waals surface area contributed by atoms with Crippen LogP contribution in [0.15, 0.2) is 24.4 Å². The molecule has 3 rings (SSSR count). The molecule has 144 valence electrons. The number of rotatable bonds is 8. The van der Waals surface area contributed by atoms with E-state index in [1.807, 2.05) is 19.9 Å². The first-order valence-corrected chi connectivity index (χ1v) is 9.37. The van der Waals surface area contributed by atoms with Crippen LogP contribution in [0.2, 0.25) is 0 Å². The number of anilines is 2. The molecule has 0 aromatic carbocycles. The Kier molecular flexibility index (Phi) is 6.40. The summed E-state index contributed by atoms with van der Waals surface area (Å²) < 4.78 is 5.27. The second-order valence-electron chi connectivity index (χ2n) is 6.39. The quantitative estimate of drug-likeness (QED) is 0.687. The largest absolute Gasteiger partial charge is 0.478 e. The highest BCUT2D eigenvalue weighted by atomic mass is 16.5. The van der Waals surface area contributed by atoms with Crippen molar-refractivity contribution in [2.24, 2.45) is 0 Å². The van der Waals surface area contributed by atoms with E-state index < -0.39 is 0 Å². The number of hydrogen-bond donors (Lipinski definition) is 2. The van der Waals surface area contributed by atoms with Gasteiger partial charge < -0.3 is 20.3 Å². The monoisotopic (exact) mass is 370 g/mol. The lowest BCUT2D eigenvalue weighted by Crippen LogP contribution is -2.29. The maximum Gasteiger partial charge on any atom is 0.252 e. The fraction of sp³-hybridized carbons (Fsp3) is 0.474. The Hall–Kier alpha value is -2.90. The van der Waals surface area contributed by atoms with Crippen molar-refractivity contribution in [3.05, 3.63) is 35.7 Å². The van der Waals surface area contributed by atoms with Gasteiger partial charge in [0.1, 0.15) is 5.82 Å². The average molecular weight is 370 g/mol. The second kappa shape index (κ2) is 9.16. The van der Waals surface area contributed by atoms with Crippen LogP contribution in [0, 0.1) is 6.92 Å². The van der Waals surface area contributed by atoms with Crippen molar-refractivity contribution >= 4 is 17.7 Å². The number of carbonyl (C=O) groups excluding carboxylic acids is 1. The molecule has 0 saturated carbocycles. The summed E-state index contributed by atoms with van der Waals surface area (Å²) in [6.45, 7) is 7.49. The van der Waals surface area contributed by atoms with E-state index in [2.05, 4.69) is 30.5 Å². The second-order valence-corrected chi connectivity index (χ2v) is 6.39. The third kappa shape index (κ3) is 5.29. The van der Waals surface area contributed by atoms with Gasteiger partial charge in [0.15, 0.2) is 0 Å². The summed E-state index contributed by atoms with van der Waals surface area (Å²) in [5.41, 5.74) is 1.43. The number of aromatic nitrogens is 3. The van der Waals surface area contributed by atoms with Gasteiger partial charge in [0.2, 0.25) is 11.8 Å². The fourth-order valence-electron chi connectivity index (χ4n) is 2.94. The van der Waals surface area contributed by atoms with Gasteiger partial charge in [0, 0.05) is 50.2 Å². The summed E-state index contributed by atoms with van der Waals surface area (Å²) in [5.74, 6) is 1.90. The van der Waals surface area contributed by atoms with Crippen LogP contribution in [0.1, 0.15) is 35.8 Å². The van der Waals surface area contributed by atoms with Crippen molar-refractivity contribution in [3.8, 4) is 5.88 Å². The third-order valence-corrected chi connectivity index (χ3v) is 4.26. The number of amides is 1. The molecule has 0 bridgehead atoms. The molecule has 0 unspecified atom stereocenters. The molecule has 8 heteroatoms. The maximum absolute atomic E-state index is 12.1. The minimum atomic E-state index is -0.171. The zero-order chi connectivity index (χ0) is 19.1. The molecular formula is C19H26N6O2. The van der Waals surface area contributed by atoms with Crippen molar-refractivity contribution < 1.29 is 9.53 Å². The molecule has 8 nitrogen and oxygen atoms in total. The van der Waals surface area contributed by atoms with E-state index in [1.54, 1.807) is 12.1 Å². The highest BCUT2D eigenvalue weighted by molar-refractivity contribution is 5.93. The molecule has 1 amide bonds. The zero-order valence-corrected chi connectivity index (χ0v) is 15.9. The zero-order valence-electron chi connectivity index (χ0n) is 15.9. The normalized spacial score (nSPS) is 13.5. The Morgan fingerprint density at radius 2 is 2.04 bits per heavy atom. The number of nitrogens with one attached hydrogen (secondary N) is 2. The number of nitrogens with zero attached hydrogens (tertiary/aromatic N) is 4. The van der Waals surface area contributed by atoms with Crippen LogP contribution in [-0.4, -0.2) is 53.6 Å². The molecule has 0 atom stereocenters. The van der Waals surface area contributed by atoms with Gasteiger partial charge in [0.25, 0.3) is 5.91 Å². The molecule has 0 spiro atoms. The van der Waals surface area contributed by atoms with Gasteiger partial charge in [-0.2, -0.15) is 4.98 Å². The average Bonchev–Trinajstić information content (AvgIpc) is 3.20. The smallest absolute Gasteiger partial charge is 0.252 e. The minimum Gasteiger partial charge on any atom is -0.478 e. The van der Waals surface area contributed by atoms with E-state index in [1.165, 1.54) is 19.0 Å². The van der Waals surface area contributed by atoms with Crippen LogP contribution >= 0.6 is 0 Å². The summed E-state index contributed by atoms with van der Waals surface area (Å²) in [4.78, 5) is 27.5. The van der Waals surface area contributed by atoms with E-state index >= 15 is 0 Å². The first-order chi connectivity index (χ1) is 13.2. The molecule has 2 N–H and O–H groups in total. The lowest BCUT2D eigenvalue weighted by molar-refractivity contribution is 0.0954.